The van der Waals surface area contributed by atoms with Crippen molar-refractivity contribution >= 4 is 23.2 Å². The van der Waals surface area contributed by atoms with Gasteiger partial charge in [-0.25, -0.2) is 0 Å². The summed E-state index contributed by atoms with van der Waals surface area (Å²) in [6.07, 6.45) is 8.95. The molecule has 4 nitrogen and oxygen atoms in total. The van der Waals surface area contributed by atoms with Crippen LogP contribution in [0.3, 0.4) is 0 Å². The molecular formula is C17H23NO3S. The van der Waals surface area contributed by atoms with Crippen LogP contribution in [-0.4, -0.2) is 34.5 Å². The van der Waals surface area contributed by atoms with E-state index in [1.165, 1.54) is 36.1 Å². The molecule has 22 heavy (non-hydrogen) atoms. The molecule has 1 atom stereocenters. The monoisotopic (exact) mass is 321 g/mol. The second kappa shape index (κ2) is 6.82. The Morgan fingerprint density at radius 3 is 2.73 bits per heavy atom. The minimum atomic E-state index is -0.817. The molecule has 1 amide bonds. The summed E-state index contributed by atoms with van der Waals surface area (Å²) in [5, 5.41) is 9.00. The lowest BCUT2D eigenvalue weighted by Gasteiger charge is -2.22. The fraction of sp³-hybridized carbons (Fsp3) is 0.647. The molecule has 5 heteroatoms. The van der Waals surface area contributed by atoms with Crippen LogP contribution >= 0.6 is 11.3 Å². The lowest BCUT2D eigenvalue weighted by molar-refractivity contribution is -0.137. The molecule has 120 valence electrons. The normalized spacial score (nSPS) is 22.0. The number of hydrogen-bond donors (Lipinski definition) is 1. The van der Waals surface area contributed by atoms with Crippen molar-refractivity contribution in [2.75, 3.05) is 6.54 Å². The van der Waals surface area contributed by atoms with Gasteiger partial charge in [-0.15, -0.1) is 11.3 Å². The zero-order chi connectivity index (χ0) is 15.5. The van der Waals surface area contributed by atoms with Gasteiger partial charge in [-0.05, 0) is 50.2 Å². The Bertz CT molecular complexity index is 541. The molecule has 0 aromatic carbocycles. The van der Waals surface area contributed by atoms with Gasteiger partial charge in [0, 0.05) is 17.5 Å². The number of rotatable bonds is 3. The zero-order valence-corrected chi connectivity index (χ0v) is 13.7. The highest BCUT2D eigenvalue weighted by Crippen LogP contribution is 2.31. The van der Waals surface area contributed by atoms with E-state index in [4.69, 9.17) is 5.11 Å². The van der Waals surface area contributed by atoms with Crippen molar-refractivity contribution < 1.29 is 14.7 Å². The number of thiophene rings is 1. The summed E-state index contributed by atoms with van der Waals surface area (Å²) < 4.78 is 0. The standard InChI is InChI=1S/C17H23NO3S/c19-16(20)11-13-7-5-9-18(13)17(21)15-10-12-6-3-1-2-4-8-14(12)22-15/h10,13H,1-9,11H2,(H,19,20). The molecule has 0 radical (unpaired) electrons. The van der Waals surface area contributed by atoms with Crippen LogP contribution in [0.5, 0.6) is 0 Å². The molecule has 0 saturated carbocycles. The van der Waals surface area contributed by atoms with Gasteiger partial charge in [-0.3, -0.25) is 9.59 Å². The zero-order valence-electron chi connectivity index (χ0n) is 12.8. The van der Waals surface area contributed by atoms with Crippen LogP contribution in [0.15, 0.2) is 6.07 Å². The number of likely N-dealkylation sites (tertiary alicyclic amines) is 1. The number of fused-ring (bicyclic) bond motifs is 1. The van der Waals surface area contributed by atoms with E-state index in [0.717, 1.165) is 30.6 Å². The first-order chi connectivity index (χ1) is 10.6. The topological polar surface area (TPSA) is 57.6 Å². The SMILES string of the molecule is O=C(O)CC1CCCN1C(=O)c1cc2c(s1)CCCCCC2. The van der Waals surface area contributed by atoms with Gasteiger partial charge in [0.1, 0.15) is 0 Å². The predicted octanol–water partition coefficient (Wildman–Crippen LogP) is 3.49. The molecule has 1 aromatic heterocycles. The fourth-order valence-electron chi connectivity index (χ4n) is 3.61. The third kappa shape index (κ3) is 3.35. The Balaban J connectivity index is 1.77. The van der Waals surface area contributed by atoms with E-state index >= 15 is 0 Å². The molecule has 1 aromatic rings. The van der Waals surface area contributed by atoms with E-state index in [1.807, 2.05) is 0 Å². The maximum Gasteiger partial charge on any atom is 0.305 e. The van der Waals surface area contributed by atoms with Gasteiger partial charge in [-0.1, -0.05) is 12.8 Å². The fourth-order valence-corrected chi connectivity index (χ4v) is 4.82. The van der Waals surface area contributed by atoms with Crippen LogP contribution in [0, 0.1) is 0 Å². The highest BCUT2D eigenvalue weighted by atomic mass is 32.1. The number of aryl methyl sites for hydroxylation is 2. The Morgan fingerprint density at radius 2 is 1.95 bits per heavy atom. The number of hydrogen-bond acceptors (Lipinski definition) is 3. The van der Waals surface area contributed by atoms with Crippen molar-refractivity contribution in [3.63, 3.8) is 0 Å². The first-order valence-corrected chi connectivity index (χ1v) is 9.11. The first-order valence-electron chi connectivity index (χ1n) is 8.29. The van der Waals surface area contributed by atoms with Crippen LogP contribution in [0.1, 0.15) is 65.1 Å². The molecule has 1 saturated heterocycles. The van der Waals surface area contributed by atoms with Gasteiger partial charge in [-0.2, -0.15) is 0 Å². The van der Waals surface area contributed by atoms with E-state index in [9.17, 15) is 9.59 Å². The van der Waals surface area contributed by atoms with Crippen molar-refractivity contribution in [2.45, 2.75) is 63.8 Å². The number of amides is 1. The number of carbonyl (C=O) groups is 2. The molecule has 0 spiro atoms. The van der Waals surface area contributed by atoms with Crippen molar-refractivity contribution in [3.05, 3.63) is 21.4 Å². The van der Waals surface area contributed by atoms with E-state index in [2.05, 4.69) is 6.07 Å². The largest absolute Gasteiger partial charge is 0.481 e. The van der Waals surface area contributed by atoms with Crippen molar-refractivity contribution in [3.8, 4) is 0 Å². The summed E-state index contributed by atoms with van der Waals surface area (Å²) in [7, 11) is 0. The second-order valence-corrected chi connectivity index (χ2v) is 7.50. The van der Waals surface area contributed by atoms with Gasteiger partial charge < -0.3 is 10.0 Å². The Hall–Kier alpha value is -1.36. The molecule has 0 bridgehead atoms. The number of nitrogens with zero attached hydrogens (tertiary/aromatic N) is 1. The average Bonchev–Trinajstić information content (AvgIpc) is 3.05. The predicted molar refractivity (Wildman–Crippen MR) is 86.5 cm³/mol. The van der Waals surface area contributed by atoms with Crippen LogP contribution < -0.4 is 0 Å². The van der Waals surface area contributed by atoms with E-state index < -0.39 is 5.97 Å². The van der Waals surface area contributed by atoms with E-state index in [0.29, 0.717) is 6.54 Å². The van der Waals surface area contributed by atoms with Crippen molar-refractivity contribution in [1.29, 1.82) is 0 Å². The van der Waals surface area contributed by atoms with Crippen LogP contribution in [0.4, 0.5) is 0 Å². The molecule has 3 rings (SSSR count). The molecule has 2 aliphatic rings. The average molecular weight is 321 g/mol. The highest BCUT2D eigenvalue weighted by Gasteiger charge is 2.32. The third-order valence-electron chi connectivity index (χ3n) is 4.76. The van der Waals surface area contributed by atoms with Gasteiger partial charge in [0.15, 0.2) is 0 Å². The second-order valence-electron chi connectivity index (χ2n) is 6.37. The number of aliphatic carboxylic acids is 1. The third-order valence-corrected chi connectivity index (χ3v) is 5.98. The minimum absolute atomic E-state index is 0.0421. The molecule has 1 aliphatic heterocycles. The van der Waals surface area contributed by atoms with Crippen LogP contribution in [0.25, 0.3) is 0 Å². The lowest BCUT2D eigenvalue weighted by Crippen LogP contribution is -2.36. The van der Waals surface area contributed by atoms with Crippen molar-refractivity contribution in [1.82, 2.24) is 4.90 Å². The maximum atomic E-state index is 12.8. The molecule has 1 fully saturated rings. The summed E-state index contributed by atoms with van der Waals surface area (Å²) in [6, 6.07) is 1.94. The minimum Gasteiger partial charge on any atom is -0.481 e. The summed E-state index contributed by atoms with van der Waals surface area (Å²) in [6.45, 7) is 0.694. The van der Waals surface area contributed by atoms with Crippen LogP contribution in [0.2, 0.25) is 0 Å². The van der Waals surface area contributed by atoms with Gasteiger partial charge in [0.05, 0.1) is 11.3 Å². The molecule has 1 aliphatic carbocycles. The summed E-state index contributed by atoms with van der Waals surface area (Å²) >= 11 is 1.64. The Labute approximate surface area is 135 Å². The number of carboxylic acids is 1. The lowest BCUT2D eigenvalue weighted by atomic mass is 10.00. The maximum absolute atomic E-state index is 12.8. The Morgan fingerprint density at radius 1 is 1.18 bits per heavy atom. The molecular weight excluding hydrogens is 298 g/mol. The van der Waals surface area contributed by atoms with Gasteiger partial charge in [0.2, 0.25) is 0 Å². The number of carbonyl (C=O) groups excluding carboxylic acids is 1. The van der Waals surface area contributed by atoms with E-state index in [-0.39, 0.29) is 18.4 Å². The first kappa shape index (κ1) is 15.5. The van der Waals surface area contributed by atoms with Crippen LogP contribution in [-0.2, 0) is 17.6 Å². The van der Waals surface area contributed by atoms with Gasteiger partial charge >= 0.3 is 5.97 Å². The van der Waals surface area contributed by atoms with Crippen molar-refractivity contribution in [2.24, 2.45) is 0 Å². The number of carboxylic acid groups (broad SMARTS) is 1. The van der Waals surface area contributed by atoms with Gasteiger partial charge in [0.25, 0.3) is 5.91 Å². The molecule has 1 unspecified atom stereocenters. The Kier molecular flexibility index (Phi) is 4.81. The smallest absolute Gasteiger partial charge is 0.305 e. The molecule has 1 N–H and O–H groups in total. The highest BCUT2D eigenvalue weighted by molar-refractivity contribution is 7.14. The molecule has 2 heterocycles. The summed E-state index contributed by atoms with van der Waals surface area (Å²) in [5.41, 5.74) is 1.35. The quantitative estimate of drug-likeness (QED) is 0.927. The summed E-state index contributed by atoms with van der Waals surface area (Å²) in [5.74, 6) is -0.774. The van der Waals surface area contributed by atoms with E-state index in [1.54, 1.807) is 16.2 Å². The summed E-state index contributed by atoms with van der Waals surface area (Å²) in [4.78, 5) is 27.7.